The average Bonchev–Trinajstić information content (AvgIpc) is 2.90. The van der Waals surface area contributed by atoms with Crippen LogP contribution in [-0.2, 0) is 6.42 Å². The molecule has 0 spiro atoms. The van der Waals surface area contributed by atoms with Gasteiger partial charge in [0.2, 0.25) is 0 Å². The van der Waals surface area contributed by atoms with Crippen molar-refractivity contribution in [1.82, 2.24) is 4.90 Å². The van der Waals surface area contributed by atoms with Crippen LogP contribution in [0, 0.1) is 10.1 Å². The van der Waals surface area contributed by atoms with Crippen molar-refractivity contribution in [2.24, 2.45) is 0 Å². The van der Waals surface area contributed by atoms with Gasteiger partial charge >= 0.3 is 0 Å². The Hall–Kier alpha value is -4.27. The summed E-state index contributed by atoms with van der Waals surface area (Å²) in [6, 6.07) is 16.4. The van der Waals surface area contributed by atoms with Crippen LogP contribution in [-0.4, -0.2) is 50.2 Å². The van der Waals surface area contributed by atoms with E-state index < -0.39 is 16.9 Å². The molecule has 1 aliphatic rings. The Bertz CT molecular complexity index is 1230. The molecule has 1 heterocycles. The molecular weight excluding hydrogens is 452 g/mol. The predicted octanol–water partition coefficient (Wildman–Crippen LogP) is 4.44. The van der Waals surface area contributed by atoms with Gasteiger partial charge in [-0.3, -0.25) is 14.9 Å². The molecule has 0 aliphatic carbocycles. The van der Waals surface area contributed by atoms with Crippen molar-refractivity contribution in [3.8, 4) is 23.0 Å². The third-order valence-corrected chi connectivity index (χ3v) is 6.06. The lowest BCUT2D eigenvalue weighted by Crippen LogP contribution is -2.42. The number of para-hydroxylation sites is 1. The molecule has 1 atom stereocenters. The minimum absolute atomic E-state index is 0.0378. The van der Waals surface area contributed by atoms with E-state index in [0.717, 1.165) is 11.1 Å². The molecule has 0 saturated heterocycles. The lowest BCUT2D eigenvalue weighted by atomic mass is 9.91. The van der Waals surface area contributed by atoms with E-state index in [4.69, 9.17) is 18.9 Å². The van der Waals surface area contributed by atoms with Crippen molar-refractivity contribution in [3.63, 3.8) is 0 Å². The highest BCUT2D eigenvalue weighted by Crippen LogP contribution is 2.39. The molecule has 9 heteroatoms. The summed E-state index contributed by atoms with van der Waals surface area (Å²) in [4.78, 5) is 26.3. The Morgan fingerprint density at radius 2 is 1.63 bits per heavy atom. The Kier molecular flexibility index (Phi) is 7.05. The SMILES string of the molecule is COc1ccc(OCC2c3cc(OC)c(OC)cc3CCN2C(=O)c2ccccc2[N+](=O)[O-])cc1. The molecule has 1 amide bonds. The zero-order chi connectivity index (χ0) is 24.9. The third-order valence-electron chi connectivity index (χ3n) is 6.06. The standard InChI is InChI=1S/C26H26N2O7/c1-32-18-8-10-19(11-9-18)35-16-23-21-15-25(34-3)24(33-2)14-17(21)12-13-27(23)26(29)20-6-4-5-7-22(20)28(30)31/h4-11,14-15,23H,12-13,16H2,1-3H3. The van der Waals surface area contributed by atoms with Crippen molar-refractivity contribution in [2.45, 2.75) is 12.5 Å². The minimum Gasteiger partial charge on any atom is -0.497 e. The number of fused-ring (bicyclic) bond motifs is 1. The van der Waals surface area contributed by atoms with Crippen molar-refractivity contribution >= 4 is 11.6 Å². The number of nitro groups is 1. The summed E-state index contributed by atoms with van der Waals surface area (Å²) in [6.07, 6.45) is 0.557. The fourth-order valence-electron chi connectivity index (χ4n) is 4.27. The van der Waals surface area contributed by atoms with Crippen LogP contribution >= 0.6 is 0 Å². The maximum absolute atomic E-state index is 13.6. The number of methoxy groups -OCH3 is 3. The number of ether oxygens (including phenoxy) is 4. The molecule has 0 radical (unpaired) electrons. The van der Waals surface area contributed by atoms with Crippen LogP contribution in [0.4, 0.5) is 5.69 Å². The van der Waals surface area contributed by atoms with Crippen molar-refractivity contribution < 1.29 is 28.7 Å². The second-order valence-electron chi connectivity index (χ2n) is 7.93. The van der Waals surface area contributed by atoms with E-state index in [-0.39, 0.29) is 17.9 Å². The highest BCUT2D eigenvalue weighted by atomic mass is 16.6. The van der Waals surface area contributed by atoms with Crippen LogP contribution in [0.15, 0.2) is 60.7 Å². The summed E-state index contributed by atoms with van der Waals surface area (Å²) in [6.45, 7) is 0.505. The molecule has 3 aromatic carbocycles. The first-order chi connectivity index (χ1) is 17.0. The summed E-state index contributed by atoms with van der Waals surface area (Å²) in [5.74, 6) is 2.00. The fraction of sp³-hybridized carbons (Fsp3) is 0.269. The largest absolute Gasteiger partial charge is 0.497 e. The van der Waals surface area contributed by atoms with Gasteiger partial charge in [0.05, 0.1) is 32.3 Å². The predicted molar refractivity (Wildman–Crippen MR) is 129 cm³/mol. The molecule has 1 aliphatic heterocycles. The number of carbonyl (C=O) groups is 1. The molecule has 35 heavy (non-hydrogen) atoms. The fourth-order valence-corrected chi connectivity index (χ4v) is 4.27. The first-order valence-electron chi connectivity index (χ1n) is 11.0. The van der Waals surface area contributed by atoms with Crippen molar-refractivity contribution in [3.05, 3.63) is 87.5 Å². The van der Waals surface area contributed by atoms with E-state index in [1.165, 1.54) is 12.1 Å². The monoisotopic (exact) mass is 478 g/mol. The highest BCUT2D eigenvalue weighted by molar-refractivity contribution is 5.98. The first kappa shape index (κ1) is 23.9. The number of hydrogen-bond donors (Lipinski definition) is 0. The van der Waals surface area contributed by atoms with Crippen molar-refractivity contribution in [2.75, 3.05) is 34.5 Å². The molecule has 0 aromatic heterocycles. The average molecular weight is 479 g/mol. The summed E-state index contributed by atoms with van der Waals surface area (Å²) in [5.41, 5.74) is 1.65. The molecule has 9 nitrogen and oxygen atoms in total. The van der Waals surface area contributed by atoms with E-state index in [2.05, 4.69) is 0 Å². The zero-order valence-corrected chi connectivity index (χ0v) is 19.7. The van der Waals surface area contributed by atoms with Crippen LogP contribution in [0.25, 0.3) is 0 Å². The molecule has 0 bridgehead atoms. The quantitative estimate of drug-likeness (QED) is 0.349. The van der Waals surface area contributed by atoms with Crippen LogP contribution < -0.4 is 18.9 Å². The van der Waals surface area contributed by atoms with E-state index in [9.17, 15) is 14.9 Å². The van der Waals surface area contributed by atoms with Gasteiger partial charge in [-0.1, -0.05) is 12.1 Å². The molecule has 182 valence electrons. The minimum atomic E-state index is -0.540. The summed E-state index contributed by atoms with van der Waals surface area (Å²) in [5, 5.41) is 11.6. The van der Waals surface area contributed by atoms with Crippen LogP contribution in [0.3, 0.4) is 0 Å². The number of hydrogen-bond acceptors (Lipinski definition) is 7. The topological polar surface area (TPSA) is 100 Å². The van der Waals surface area contributed by atoms with Crippen LogP contribution in [0.5, 0.6) is 23.0 Å². The Morgan fingerprint density at radius 3 is 2.29 bits per heavy atom. The van der Waals surface area contributed by atoms with Crippen molar-refractivity contribution in [1.29, 1.82) is 0 Å². The van der Waals surface area contributed by atoms with E-state index in [1.54, 1.807) is 62.6 Å². The van der Waals surface area contributed by atoms with Gasteiger partial charge in [0, 0.05) is 12.6 Å². The van der Waals surface area contributed by atoms with Gasteiger partial charge < -0.3 is 23.8 Å². The molecule has 0 N–H and O–H groups in total. The van der Waals surface area contributed by atoms with Gasteiger partial charge in [-0.2, -0.15) is 0 Å². The third kappa shape index (κ3) is 4.84. The summed E-state index contributed by atoms with van der Waals surface area (Å²) >= 11 is 0. The lowest BCUT2D eigenvalue weighted by molar-refractivity contribution is -0.385. The molecule has 0 fully saturated rings. The van der Waals surface area contributed by atoms with Gasteiger partial charge in [0.1, 0.15) is 23.7 Å². The van der Waals surface area contributed by atoms with Gasteiger partial charge in [-0.15, -0.1) is 0 Å². The van der Waals surface area contributed by atoms with Gasteiger partial charge in [0.25, 0.3) is 11.6 Å². The summed E-state index contributed by atoms with van der Waals surface area (Å²) in [7, 11) is 4.70. The zero-order valence-electron chi connectivity index (χ0n) is 19.7. The van der Waals surface area contributed by atoms with E-state index >= 15 is 0 Å². The molecule has 1 unspecified atom stereocenters. The molecule has 4 rings (SSSR count). The van der Waals surface area contributed by atoms with Gasteiger partial charge in [0.15, 0.2) is 11.5 Å². The maximum atomic E-state index is 13.6. The molecular formula is C26H26N2O7. The Balaban J connectivity index is 1.72. The lowest BCUT2D eigenvalue weighted by Gasteiger charge is -2.37. The number of rotatable bonds is 8. The number of amides is 1. The van der Waals surface area contributed by atoms with E-state index in [1.807, 2.05) is 12.1 Å². The number of benzene rings is 3. The molecule has 0 saturated carbocycles. The van der Waals surface area contributed by atoms with Crippen LogP contribution in [0.1, 0.15) is 27.5 Å². The Morgan fingerprint density at radius 1 is 0.971 bits per heavy atom. The van der Waals surface area contributed by atoms with E-state index in [0.29, 0.717) is 36.0 Å². The van der Waals surface area contributed by atoms with Crippen LogP contribution in [0.2, 0.25) is 0 Å². The Labute approximate surface area is 202 Å². The highest BCUT2D eigenvalue weighted by Gasteiger charge is 2.35. The van der Waals surface area contributed by atoms with Gasteiger partial charge in [-0.05, 0) is 60.0 Å². The maximum Gasteiger partial charge on any atom is 0.282 e. The first-order valence-corrected chi connectivity index (χ1v) is 11.0. The normalized spacial score (nSPS) is 14.6. The molecule has 3 aromatic rings. The number of nitro benzene ring substituents is 1. The second-order valence-corrected chi connectivity index (χ2v) is 7.93. The second kappa shape index (κ2) is 10.3. The number of carbonyl (C=O) groups excluding carboxylic acids is 1. The van der Waals surface area contributed by atoms with Gasteiger partial charge in [-0.25, -0.2) is 0 Å². The number of nitrogens with zero attached hydrogens (tertiary/aromatic N) is 2. The summed E-state index contributed by atoms with van der Waals surface area (Å²) < 4.78 is 22.2. The smallest absolute Gasteiger partial charge is 0.282 e.